The first-order valence-corrected chi connectivity index (χ1v) is 7.15. The normalized spacial score (nSPS) is 11.7. The van der Waals surface area contributed by atoms with Crippen molar-refractivity contribution in [2.45, 2.75) is 33.8 Å². The molecule has 2 rings (SSSR count). The Labute approximate surface area is 134 Å². The van der Waals surface area contributed by atoms with Crippen molar-refractivity contribution in [2.75, 3.05) is 0 Å². The molecule has 122 valence electrons. The third-order valence-electron chi connectivity index (χ3n) is 3.38. The van der Waals surface area contributed by atoms with Gasteiger partial charge < -0.3 is 9.26 Å². The van der Waals surface area contributed by atoms with E-state index in [1.165, 1.54) is 6.07 Å². The second kappa shape index (κ2) is 6.95. The molecule has 0 saturated heterocycles. The number of nitrogens with zero attached hydrogens (tertiary/aromatic N) is 1. The quantitative estimate of drug-likeness (QED) is 0.839. The monoisotopic (exact) mass is 317 g/mol. The van der Waals surface area contributed by atoms with Crippen molar-refractivity contribution in [1.82, 2.24) is 16.0 Å². The lowest BCUT2D eigenvalue weighted by atomic mass is 10.1. The van der Waals surface area contributed by atoms with Crippen LogP contribution in [0.1, 0.15) is 34.3 Å². The fourth-order valence-corrected chi connectivity index (χ4v) is 1.85. The summed E-state index contributed by atoms with van der Waals surface area (Å²) in [5, 5.41) is 3.60. The average Bonchev–Trinajstić information content (AvgIpc) is 2.95. The van der Waals surface area contributed by atoms with Gasteiger partial charge in [-0.15, -0.1) is 0 Å². The molecule has 0 saturated carbocycles. The molecule has 1 aromatic heterocycles. The maximum absolute atomic E-state index is 12.0. The summed E-state index contributed by atoms with van der Waals surface area (Å²) >= 11 is 0. The predicted octanol–water partition coefficient (Wildman–Crippen LogP) is 1.83. The molecule has 23 heavy (non-hydrogen) atoms. The molecule has 0 aliphatic carbocycles. The van der Waals surface area contributed by atoms with Gasteiger partial charge in [0, 0.05) is 6.07 Å². The van der Waals surface area contributed by atoms with Gasteiger partial charge in [-0.25, -0.2) is 0 Å². The molecule has 0 radical (unpaired) electrons. The topological polar surface area (TPSA) is 93.5 Å². The van der Waals surface area contributed by atoms with Crippen LogP contribution in [0.3, 0.4) is 0 Å². The first-order valence-electron chi connectivity index (χ1n) is 7.15. The highest BCUT2D eigenvalue weighted by Gasteiger charge is 2.18. The van der Waals surface area contributed by atoms with Gasteiger partial charge in [0.05, 0.1) is 5.69 Å². The van der Waals surface area contributed by atoms with Crippen molar-refractivity contribution in [3.63, 3.8) is 0 Å². The summed E-state index contributed by atoms with van der Waals surface area (Å²) in [6.07, 6.45) is -0.771. The van der Waals surface area contributed by atoms with Gasteiger partial charge in [0.2, 0.25) is 5.76 Å². The van der Waals surface area contributed by atoms with Crippen LogP contribution < -0.4 is 15.6 Å². The molecule has 7 heteroatoms. The molecule has 1 unspecified atom stereocenters. The minimum atomic E-state index is -0.771. The Balaban J connectivity index is 1.90. The summed E-state index contributed by atoms with van der Waals surface area (Å²) in [4.78, 5) is 23.7. The summed E-state index contributed by atoms with van der Waals surface area (Å²) in [5.41, 5.74) is 7.16. The number of hydrogen-bond donors (Lipinski definition) is 2. The van der Waals surface area contributed by atoms with Crippen molar-refractivity contribution in [1.29, 1.82) is 0 Å². The van der Waals surface area contributed by atoms with Gasteiger partial charge in [-0.2, -0.15) is 0 Å². The summed E-state index contributed by atoms with van der Waals surface area (Å²) in [7, 11) is 0. The van der Waals surface area contributed by atoms with E-state index in [1.807, 2.05) is 26.0 Å². The first kappa shape index (κ1) is 16.5. The van der Waals surface area contributed by atoms with Crippen LogP contribution in [0.2, 0.25) is 0 Å². The summed E-state index contributed by atoms with van der Waals surface area (Å²) < 4.78 is 10.4. The fraction of sp³-hybridized carbons (Fsp3) is 0.312. The number of benzene rings is 1. The predicted molar refractivity (Wildman–Crippen MR) is 82.9 cm³/mol. The standard InChI is InChI=1S/C16H19N3O4/c1-9-6-5-7-13(11(9)3)22-12(4)15(20)17-18-16(21)14-8-10(2)19-23-14/h5-8,12H,1-4H3,(H,17,20)(H,18,21). The number of carbonyl (C=O) groups excluding carboxylic acids is 2. The highest BCUT2D eigenvalue weighted by Crippen LogP contribution is 2.21. The second-order valence-electron chi connectivity index (χ2n) is 5.23. The second-order valence-corrected chi connectivity index (χ2v) is 5.23. The summed E-state index contributed by atoms with van der Waals surface area (Å²) in [6.45, 7) is 7.18. The van der Waals surface area contributed by atoms with E-state index in [-0.39, 0.29) is 5.76 Å². The van der Waals surface area contributed by atoms with E-state index in [0.717, 1.165) is 11.1 Å². The van der Waals surface area contributed by atoms with E-state index < -0.39 is 17.9 Å². The van der Waals surface area contributed by atoms with Crippen LogP contribution in [0.5, 0.6) is 5.75 Å². The number of amides is 2. The van der Waals surface area contributed by atoms with E-state index in [0.29, 0.717) is 11.4 Å². The van der Waals surface area contributed by atoms with Crippen molar-refractivity contribution in [2.24, 2.45) is 0 Å². The molecule has 0 fully saturated rings. The smallest absolute Gasteiger partial charge is 0.308 e. The largest absolute Gasteiger partial charge is 0.481 e. The molecule has 1 heterocycles. The highest BCUT2D eigenvalue weighted by molar-refractivity contribution is 5.93. The minimum Gasteiger partial charge on any atom is -0.481 e. The Kier molecular flexibility index (Phi) is 5.00. The molecule has 2 amide bonds. The Morgan fingerprint density at radius 3 is 2.61 bits per heavy atom. The van der Waals surface area contributed by atoms with Crippen LogP contribution in [-0.2, 0) is 4.79 Å². The lowest BCUT2D eigenvalue weighted by Gasteiger charge is -2.17. The zero-order valence-corrected chi connectivity index (χ0v) is 13.5. The summed E-state index contributed by atoms with van der Waals surface area (Å²) in [5.74, 6) is -0.413. The zero-order valence-electron chi connectivity index (χ0n) is 13.5. The molecule has 7 nitrogen and oxygen atoms in total. The zero-order chi connectivity index (χ0) is 17.0. The van der Waals surface area contributed by atoms with Gasteiger partial charge in [0.15, 0.2) is 6.10 Å². The molecular weight excluding hydrogens is 298 g/mol. The number of rotatable bonds is 4. The van der Waals surface area contributed by atoms with Crippen molar-refractivity contribution in [3.8, 4) is 5.75 Å². The molecule has 0 aliphatic rings. The maximum Gasteiger partial charge on any atom is 0.308 e. The number of aryl methyl sites for hydroxylation is 2. The van der Waals surface area contributed by atoms with Crippen LogP contribution in [-0.4, -0.2) is 23.1 Å². The van der Waals surface area contributed by atoms with E-state index in [4.69, 9.17) is 9.26 Å². The fourth-order valence-electron chi connectivity index (χ4n) is 1.85. The van der Waals surface area contributed by atoms with Crippen LogP contribution in [0.25, 0.3) is 0 Å². The van der Waals surface area contributed by atoms with Crippen LogP contribution >= 0.6 is 0 Å². The molecule has 1 aromatic carbocycles. The van der Waals surface area contributed by atoms with Crippen LogP contribution in [0.15, 0.2) is 28.8 Å². The maximum atomic E-state index is 12.0. The Morgan fingerprint density at radius 2 is 1.96 bits per heavy atom. The summed E-state index contributed by atoms with van der Waals surface area (Å²) in [6, 6.07) is 7.09. The van der Waals surface area contributed by atoms with Gasteiger partial charge in [0.25, 0.3) is 5.91 Å². The molecule has 2 N–H and O–H groups in total. The van der Waals surface area contributed by atoms with Gasteiger partial charge in [0.1, 0.15) is 5.75 Å². The van der Waals surface area contributed by atoms with Gasteiger partial charge in [-0.05, 0) is 44.9 Å². The van der Waals surface area contributed by atoms with Crippen molar-refractivity contribution in [3.05, 3.63) is 46.8 Å². The number of hydrazine groups is 1. The number of carbonyl (C=O) groups is 2. The first-order chi connectivity index (χ1) is 10.9. The van der Waals surface area contributed by atoms with Gasteiger partial charge in [-0.1, -0.05) is 17.3 Å². The Morgan fingerprint density at radius 1 is 1.22 bits per heavy atom. The van der Waals surface area contributed by atoms with Crippen LogP contribution in [0.4, 0.5) is 0 Å². The molecule has 1 atom stereocenters. The highest BCUT2D eigenvalue weighted by atomic mass is 16.5. The molecule has 0 aliphatic heterocycles. The Hall–Kier alpha value is -2.83. The van der Waals surface area contributed by atoms with E-state index in [1.54, 1.807) is 19.9 Å². The lowest BCUT2D eigenvalue weighted by Crippen LogP contribution is -2.47. The minimum absolute atomic E-state index is 0.0194. The van der Waals surface area contributed by atoms with E-state index in [9.17, 15) is 9.59 Å². The van der Waals surface area contributed by atoms with E-state index in [2.05, 4.69) is 16.0 Å². The van der Waals surface area contributed by atoms with Crippen molar-refractivity contribution < 1.29 is 18.8 Å². The molecule has 0 bridgehead atoms. The molecular formula is C16H19N3O4. The van der Waals surface area contributed by atoms with Gasteiger partial charge in [-0.3, -0.25) is 20.4 Å². The van der Waals surface area contributed by atoms with Crippen LogP contribution in [0, 0.1) is 20.8 Å². The lowest BCUT2D eigenvalue weighted by molar-refractivity contribution is -0.128. The molecule has 0 spiro atoms. The SMILES string of the molecule is Cc1cc(C(=O)NNC(=O)C(C)Oc2cccc(C)c2C)on1. The third kappa shape index (κ3) is 4.09. The third-order valence-corrected chi connectivity index (χ3v) is 3.38. The number of aromatic nitrogens is 1. The van der Waals surface area contributed by atoms with Crippen molar-refractivity contribution >= 4 is 11.8 Å². The molecule has 2 aromatic rings. The Bertz CT molecular complexity index is 724. The van der Waals surface area contributed by atoms with Gasteiger partial charge >= 0.3 is 5.91 Å². The van der Waals surface area contributed by atoms with E-state index >= 15 is 0 Å². The average molecular weight is 317 g/mol. The number of ether oxygens (including phenoxy) is 1. The number of hydrogen-bond acceptors (Lipinski definition) is 5. The number of nitrogens with one attached hydrogen (secondary N) is 2.